The van der Waals surface area contributed by atoms with E-state index in [9.17, 15) is 4.79 Å². The van der Waals surface area contributed by atoms with Gasteiger partial charge in [0.15, 0.2) is 5.82 Å². The second-order valence-corrected chi connectivity index (χ2v) is 7.08. The van der Waals surface area contributed by atoms with E-state index >= 15 is 0 Å². The number of likely N-dealkylation sites (N-methyl/N-ethyl adjacent to an activating group) is 1. The molecule has 3 aromatic rings. The van der Waals surface area contributed by atoms with Crippen LogP contribution in [0, 0.1) is 6.92 Å². The van der Waals surface area contributed by atoms with Gasteiger partial charge in [0.2, 0.25) is 5.91 Å². The summed E-state index contributed by atoms with van der Waals surface area (Å²) >= 11 is 0. The predicted octanol–water partition coefficient (Wildman–Crippen LogP) is 2.09. The van der Waals surface area contributed by atoms with Gasteiger partial charge in [-0.1, -0.05) is 24.6 Å². The molecule has 1 atom stereocenters. The van der Waals surface area contributed by atoms with Crippen molar-refractivity contribution in [1.29, 1.82) is 0 Å². The van der Waals surface area contributed by atoms with Crippen LogP contribution in [0.4, 0.5) is 0 Å². The van der Waals surface area contributed by atoms with Gasteiger partial charge in [-0.05, 0) is 41.8 Å². The molecule has 0 aliphatic carbocycles. The van der Waals surface area contributed by atoms with Gasteiger partial charge in [-0.3, -0.25) is 4.79 Å². The van der Waals surface area contributed by atoms with Crippen molar-refractivity contribution >= 4 is 5.91 Å². The molecule has 0 saturated carbocycles. The summed E-state index contributed by atoms with van der Waals surface area (Å²) in [4.78, 5) is 14.8. The largest absolute Gasteiger partial charge is 0.341 e. The van der Waals surface area contributed by atoms with E-state index in [1.807, 2.05) is 42.3 Å². The first-order valence-electron chi connectivity index (χ1n) is 9.24. The van der Waals surface area contributed by atoms with Crippen molar-refractivity contribution in [2.45, 2.75) is 45.2 Å². The Labute approximate surface area is 157 Å². The summed E-state index contributed by atoms with van der Waals surface area (Å²) in [5.41, 5.74) is 3.19. The minimum Gasteiger partial charge on any atom is -0.341 e. The van der Waals surface area contributed by atoms with Crippen LogP contribution in [-0.2, 0) is 17.9 Å². The van der Waals surface area contributed by atoms with E-state index in [1.54, 1.807) is 9.58 Å². The number of benzene rings is 1. The molecule has 3 heterocycles. The van der Waals surface area contributed by atoms with Gasteiger partial charge in [-0.2, -0.15) is 5.10 Å². The second-order valence-electron chi connectivity index (χ2n) is 7.08. The number of amides is 1. The number of aromatic nitrogens is 6. The Hall–Kier alpha value is -3.03. The lowest BCUT2D eigenvalue weighted by Crippen LogP contribution is -2.32. The highest BCUT2D eigenvalue weighted by Gasteiger charge is 2.30. The summed E-state index contributed by atoms with van der Waals surface area (Å²) in [5.74, 6) is 0.454. The molecule has 8 nitrogen and oxygen atoms in total. The molecule has 1 aromatic carbocycles. The monoisotopic (exact) mass is 365 g/mol. The number of hydrogen-bond acceptors (Lipinski definition) is 5. The predicted molar refractivity (Wildman–Crippen MR) is 99.2 cm³/mol. The number of fused-ring (bicyclic) bond motifs is 1. The van der Waals surface area contributed by atoms with Crippen LogP contribution < -0.4 is 0 Å². The molecule has 8 heteroatoms. The maximum absolute atomic E-state index is 13.0. The summed E-state index contributed by atoms with van der Waals surface area (Å²) < 4.78 is 3.62. The number of rotatable bonds is 4. The fourth-order valence-corrected chi connectivity index (χ4v) is 3.61. The molecule has 1 amide bonds. The summed E-state index contributed by atoms with van der Waals surface area (Å²) in [6, 6.07) is 8.10. The van der Waals surface area contributed by atoms with Crippen molar-refractivity contribution in [2.24, 2.45) is 0 Å². The standard InChI is InChI=1S/C19H23N7O/c1-14-7-3-4-9-17(14)26-13-15(11-20-26)12-24(2)19(27)16-8-5-6-10-25-18(16)21-22-23-25/h3-4,7,9,11,13,16H,5-6,8,10,12H2,1-2H3. The Morgan fingerprint density at radius 2 is 2.15 bits per heavy atom. The summed E-state index contributed by atoms with van der Waals surface area (Å²) in [6.07, 6.45) is 6.55. The van der Waals surface area contributed by atoms with Crippen LogP contribution in [0.2, 0.25) is 0 Å². The van der Waals surface area contributed by atoms with E-state index < -0.39 is 0 Å². The molecule has 1 aliphatic heterocycles. The molecule has 0 N–H and O–H groups in total. The Balaban J connectivity index is 1.49. The number of tetrazole rings is 1. The lowest BCUT2D eigenvalue weighted by molar-refractivity contribution is -0.132. The van der Waals surface area contributed by atoms with Gasteiger partial charge in [0, 0.05) is 31.9 Å². The van der Waals surface area contributed by atoms with Crippen molar-refractivity contribution in [3.63, 3.8) is 0 Å². The molecule has 4 rings (SSSR count). The quantitative estimate of drug-likeness (QED) is 0.707. The SMILES string of the molecule is Cc1ccccc1-n1cc(CN(C)C(=O)C2CCCCn3nnnc32)cn1. The third-order valence-electron chi connectivity index (χ3n) is 5.08. The number of para-hydroxylation sites is 1. The van der Waals surface area contributed by atoms with E-state index in [0.29, 0.717) is 12.4 Å². The molecule has 0 radical (unpaired) electrons. The van der Waals surface area contributed by atoms with Crippen molar-refractivity contribution < 1.29 is 4.79 Å². The summed E-state index contributed by atoms with van der Waals surface area (Å²) in [5, 5.41) is 16.3. The maximum atomic E-state index is 13.0. The van der Waals surface area contributed by atoms with Gasteiger partial charge < -0.3 is 4.90 Å². The van der Waals surface area contributed by atoms with Crippen LogP contribution in [0.3, 0.4) is 0 Å². The Morgan fingerprint density at radius 1 is 1.30 bits per heavy atom. The molecule has 0 bridgehead atoms. The van der Waals surface area contributed by atoms with Crippen molar-refractivity contribution in [1.82, 2.24) is 34.9 Å². The van der Waals surface area contributed by atoms with Crippen LogP contribution >= 0.6 is 0 Å². The highest BCUT2D eigenvalue weighted by atomic mass is 16.2. The van der Waals surface area contributed by atoms with Gasteiger partial charge in [-0.15, -0.1) is 5.10 Å². The Bertz CT molecular complexity index is 945. The highest BCUT2D eigenvalue weighted by Crippen LogP contribution is 2.26. The normalized spacial score (nSPS) is 16.6. The maximum Gasteiger partial charge on any atom is 0.233 e. The number of nitrogens with zero attached hydrogens (tertiary/aromatic N) is 7. The van der Waals surface area contributed by atoms with Gasteiger partial charge in [0.05, 0.1) is 17.8 Å². The molecular formula is C19H23N7O. The van der Waals surface area contributed by atoms with Gasteiger partial charge in [-0.25, -0.2) is 9.36 Å². The smallest absolute Gasteiger partial charge is 0.233 e. The topological polar surface area (TPSA) is 81.7 Å². The number of carbonyl (C=O) groups is 1. The molecule has 1 unspecified atom stereocenters. The third-order valence-corrected chi connectivity index (χ3v) is 5.08. The van der Waals surface area contributed by atoms with Crippen LogP contribution in [-0.4, -0.2) is 47.8 Å². The van der Waals surface area contributed by atoms with E-state index in [0.717, 1.165) is 42.6 Å². The van der Waals surface area contributed by atoms with Gasteiger partial charge in [0.1, 0.15) is 0 Å². The first-order valence-corrected chi connectivity index (χ1v) is 9.24. The average molecular weight is 365 g/mol. The molecule has 1 aliphatic rings. The van der Waals surface area contributed by atoms with E-state index in [-0.39, 0.29) is 11.8 Å². The zero-order valence-corrected chi connectivity index (χ0v) is 15.6. The Morgan fingerprint density at radius 3 is 3.00 bits per heavy atom. The molecule has 0 fully saturated rings. The van der Waals surface area contributed by atoms with E-state index in [4.69, 9.17) is 0 Å². The lowest BCUT2D eigenvalue weighted by atomic mass is 10.0. The molecule has 0 saturated heterocycles. The Kier molecular flexibility index (Phi) is 4.70. The van der Waals surface area contributed by atoms with Gasteiger partial charge >= 0.3 is 0 Å². The van der Waals surface area contributed by atoms with Crippen LogP contribution in [0.15, 0.2) is 36.7 Å². The van der Waals surface area contributed by atoms with Crippen LogP contribution in [0.1, 0.15) is 42.1 Å². The minimum atomic E-state index is -0.279. The summed E-state index contributed by atoms with van der Waals surface area (Å²) in [7, 11) is 1.83. The number of hydrogen-bond donors (Lipinski definition) is 0. The molecule has 27 heavy (non-hydrogen) atoms. The lowest BCUT2D eigenvalue weighted by Gasteiger charge is -2.21. The van der Waals surface area contributed by atoms with Gasteiger partial charge in [0.25, 0.3) is 0 Å². The van der Waals surface area contributed by atoms with Crippen molar-refractivity contribution in [2.75, 3.05) is 7.05 Å². The van der Waals surface area contributed by atoms with Crippen LogP contribution in [0.25, 0.3) is 5.69 Å². The zero-order valence-electron chi connectivity index (χ0n) is 15.6. The molecule has 140 valence electrons. The second kappa shape index (κ2) is 7.30. The van der Waals surface area contributed by atoms with E-state index in [1.165, 1.54) is 0 Å². The third kappa shape index (κ3) is 3.47. The van der Waals surface area contributed by atoms with Crippen molar-refractivity contribution in [3.8, 4) is 5.69 Å². The highest BCUT2D eigenvalue weighted by molar-refractivity contribution is 5.82. The molecular weight excluding hydrogens is 342 g/mol. The number of aryl methyl sites for hydroxylation is 2. The summed E-state index contributed by atoms with van der Waals surface area (Å²) in [6.45, 7) is 3.34. The fraction of sp³-hybridized carbons (Fsp3) is 0.421. The fourth-order valence-electron chi connectivity index (χ4n) is 3.61. The van der Waals surface area contributed by atoms with Crippen molar-refractivity contribution in [3.05, 3.63) is 53.6 Å². The average Bonchev–Trinajstić information content (AvgIpc) is 3.27. The number of carbonyl (C=O) groups excluding carboxylic acids is 1. The first kappa shape index (κ1) is 17.4. The molecule has 0 spiro atoms. The van der Waals surface area contributed by atoms with E-state index in [2.05, 4.69) is 33.6 Å². The first-order chi connectivity index (χ1) is 13.1. The minimum absolute atomic E-state index is 0.0524. The molecule has 2 aromatic heterocycles. The van der Waals surface area contributed by atoms with Crippen LogP contribution in [0.5, 0.6) is 0 Å². The zero-order chi connectivity index (χ0) is 18.8.